The summed E-state index contributed by atoms with van der Waals surface area (Å²) in [7, 11) is 0. The van der Waals surface area contributed by atoms with E-state index in [1.807, 2.05) is 6.07 Å². The third-order valence-corrected chi connectivity index (χ3v) is 3.25. The second-order valence-corrected chi connectivity index (χ2v) is 4.65. The van der Waals surface area contributed by atoms with Crippen LogP contribution in [0.3, 0.4) is 0 Å². The number of phenols is 1. The summed E-state index contributed by atoms with van der Waals surface area (Å²) in [6.07, 6.45) is 1.31. The van der Waals surface area contributed by atoms with Crippen molar-refractivity contribution in [2.75, 3.05) is 0 Å². The quantitative estimate of drug-likeness (QED) is 0.639. The van der Waals surface area contributed by atoms with Crippen molar-refractivity contribution in [3.05, 3.63) is 47.7 Å². The summed E-state index contributed by atoms with van der Waals surface area (Å²) < 4.78 is 0. The van der Waals surface area contributed by atoms with Gasteiger partial charge in [-0.05, 0) is 11.5 Å². The summed E-state index contributed by atoms with van der Waals surface area (Å²) in [5.74, 6) is -0.984. The van der Waals surface area contributed by atoms with Crippen molar-refractivity contribution in [1.82, 2.24) is 10.2 Å². The summed E-state index contributed by atoms with van der Waals surface area (Å²) in [5.41, 5.74) is 5.53. The number of aromatic hydroxyl groups is 1. The molecular formula is C15H10N6O2. The SMILES string of the molecule is N#Cc1cn[nH]c1/N=N/c1c(O)c(C(N)=O)cc2ccccc12. The van der Waals surface area contributed by atoms with Gasteiger partial charge < -0.3 is 10.8 Å². The lowest BCUT2D eigenvalue weighted by atomic mass is 10.0. The molecule has 0 fully saturated rings. The third kappa shape index (κ3) is 2.47. The van der Waals surface area contributed by atoms with Crippen LogP contribution in [-0.2, 0) is 0 Å². The molecule has 0 spiro atoms. The molecule has 0 unspecified atom stereocenters. The maximum atomic E-state index is 11.5. The van der Waals surface area contributed by atoms with Gasteiger partial charge in [-0.1, -0.05) is 24.3 Å². The van der Waals surface area contributed by atoms with Gasteiger partial charge in [0.25, 0.3) is 5.91 Å². The molecule has 0 aliphatic heterocycles. The number of hydrogen-bond acceptors (Lipinski definition) is 6. The minimum atomic E-state index is -0.774. The molecule has 2 aromatic carbocycles. The molecule has 0 atom stereocenters. The van der Waals surface area contributed by atoms with Crippen LogP contribution < -0.4 is 5.73 Å². The Morgan fingerprint density at radius 2 is 2.13 bits per heavy atom. The lowest BCUT2D eigenvalue weighted by Gasteiger charge is -2.07. The Hall–Kier alpha value is -3.73. The average Bonchev–Trinajstić information content (AvgIpc) is 3.00. The number of nitrogens with two attached hydrogens (primary N) is 1. The molecule has 1 amide bonds. The number of benzene rings is 2. The Kier molecular flexibility index (Phi) is 3.44. The zero-order valence-electron chi connectivity index (χ0n) is 11.7. The fourth-order valence-electron chi connectivity index (χ4n) is 2.14. The van der Waals surface area contributed by atoms with Crippen molar-refractivity contribution in [3.63, 3.8) is 0 Å². The van der Waals surface area contributed by atoms with Gasteiger partial charge in [0.1, 0.15) is 17.3 Å². The highest BCUT2D eigenvalue weighted by Crippen LogP contribution is 2.39. The second kappa shape index (κ2) is 5.57. The smallest absolute Gasteiger partial charge is 0.252 e. The Labute approximate surface area is 129 Å². The zero-order valence-corrected chi connectivity index (χ0v) is 11.7. The van der Waals surface area contributed by atoms with E-state index in [1.54, 1.807) is 24.3 Å². The van der Waals surface area contributed by atoms with E-state index in [4.69, 9.17) is 11.0 Å². The van der Waals surface area contributed by atoms with Crippen LogP contribution in [0.25, 0.3) is 10.8 Å². The van der Waals surface area contributed by atoms with E-state index >= 15 is 0 Å². The molecule has 0 aliphatic rings. The maximum Gasteiger partial charge on any atom is 0.252 e. The summed E-state index contributed by atoms with van der Waals surface area (Å²) in [6, 6.07) is 10.4. The molecule has 4 N–H and O–H groups in total. The molecule has 1 heterocycles. The van der Waals surface area contributed by atoms with Gasteiger partial charge in [-0.15, -0.1) is 10.2 Å². The van der Waals surface area contributed by atoms with E-state index in [-0.39, 0.29) is 28.4 Å². The van der Waals surface area contributed by atoms with Gasteiger partial charge in [0.05, 0.1) is 11.8 Å². The molecule has 0 saturated carbocycles. The molecule has 8 nitrogen and oxygen atoms in total. The number of nitriles is 1. The first kappa shape index (κ1) is 14.2. The van der Waals surface area contributed by atoms with Crippen LogP contribution in [-0.4, -0.2) is 21.2 Å². The lowest BCUT2D eigenvalue weighted by Crippen LogP contribution is -2.11. The molecule has 8 heteroatoms. The van der Waals surface area contributed by atoms with Gasteiger partial charge in [-0.3, -0.25) is 9.89 Å². The molecular weight excluding hydrogens is 296 g/mol. The summed E-state index contributed by atoms with van der Waals surface area (Å²) >= 11 is 0. The van der Waals surface area contributed by atoms with E-state index in [1.165, 1.54) is 12.3 Å². The number of aromatic nitrogens is 2. The van der Waals surface area contributed by atoms with Crippen LogP contribution in [0.5, 0.6) is 5.75 Å². The lowest BCUT2D eigenvalue weighted by molar-refractivity contribution is 0.0998. The molecule has 0 bridgehead atoms. The Morgan fingerprint density at radius 1 is 1.35 bits per heavy atom. The number of fused-ring (bicyclic) bond motifs is 1. The van der Waals surface area contributed by atoms with E-state index in [2.05, 4.69) is 20.4 Å². The number of aromatic amines is 1. The fraction of sp³-hybridized carbons (Fsp3) is 0. The number of amides is 1. The van der Waals surface area contributed by atoms with Crippen molar-refractivity contribution in [1.29, 1.82) is 5.26 Å². The van der Waals surface area contributed by atoms with Gasteiger partial charge in [-0.25, -0.2) is 0 Å². The van der Waals surface area contributed by atoms with Gasteiger partial charge in [0, 0.05) is 5.39 Å². The van der Waals surface area contributed by atoms with Crippen molar-refractivity contribution >= 4 is 28.2 Å². The standard InChI is InChI=1S/C15H10N6O2/c16-6-9-7-18-20-15(9)21-19-12-10-4-2-1-3-8(10)5-11(13(12)22)14(17)23/h1-5,7,22H,(H2,17,23)(H,18,20)/b21-19+. The summed E-state index contributed by atoms with van der Waals surface area (Å²) in [4.78, 5) is 11.5. The van der Waals surface area contributed by atoms with Crippen molar-refractivity contribution in [3.8, 4) is 11.8 Å². The number of nitrogens with one attached hydrogen (secondary N) is 1. The molecule has 112 valence electrons. The summed E-state index contributed by atoms with van der Waals surface area (Å²) in [5, 5.41) is 34.6. The summed E-state index contributed by atoms with van der Waals surface area (Å²) in [6.45, 7) is 0. The van der Waals surface area contributed by atoms with E-state index in [0.29, 0.717) is 10.8 Å². The second-order valence-electron chi connectivity index (χ2n) is 4.65. The predicted octanol–water partition coefficient (Wildman–Crippen LogP) is 2.65. The molecule has 0 radical (unpaired) electrons. The van der Waals surface area contributed by atoms with Crippen molar-refractivity contribution < 1.29 is 9.90 Å². The van der Waals surface area contributed by atoms with E-state index in [0.717, 1.165) is 0 Å². The number of carbonyl (C=O) groups excluding carboxylic acids is 1. The average molecular weight is 306 g/mol. The maximum absolute atomic E-state index is 11.5. The van der Waals surface area contributed by atoms with Crippen LogP contribution in [0, 0.1) is 11.3 Å². The highest BCUT2D eigenvalue weighted by molar-refractivity contribution is 6.06. The van der Waals surface area contributed by atoms with Crippen LogP contribution >= 0.6 is 0 Å². The number of hydrogen-bond donors (Lipinski definition) is 3. The normalized spacial score (nSPS) is 10.9. The fourth-order valence-corrected chi connectivity index (χ4v) is 2.14. The van der Waals surface area contributed by atoms with Gasteiger partial charge in [0.2, 0.25) is 0 Å². The van der Waals surface area contributed by atoms with Crippen LogP contribution in [0.4, 0.5) is 11.5 Å². The van der Waals surface area contributed by atoms with Crippen molar-refractivity contribution in [2.45, 2.75) is 0 Å². The molecule has 3 aromatic rings. The number of primary amides is 1. The zero-order chi connectivity index (χ0) is 16.4. The topological polar surface area (TPSA) is 141 Å². The highest BCUT2D eigenvalue weighted by atomic mass is 16.3. The number of nitrogens with zero attached hydrogens (tertiary/aromatic N) is 4. The number of carbonyl (C=O) groups is 1. The van der Waals surface area contributed by atoms with Crippen LogP contribution in [0.15, 0.2) is 46.8 Å². The first-order valence-corrected chi connectivity index (χ1v) is 6.51. The first-order valence-electron chi connectivity index (χ1n) is 6.51. The monoisotopic (exact) mass is 306 g/mol. The van der Waals surface area contributed by atoms with Crippen LogP contribution in [0.1, 0.15) is 15.9 Å². The minimum absolute atomic E-state index is 0.0530. The van der Waals surface area contributed by atoms with Gasteiger partial charge >= 0.3 is 0 Å². The molecule has 3 rings (SSSR count). The Balaban J connectivity index is 2.22. The first-order chi connectivity index (χ1) is 11.1. The van der Waals surface area contributed by atoms with E-state index in [9.17, 15) is 9.90 Å². The number of H-pyrrole nitrogens is 1. The van der Waals surface area contributed by atoms with E-state index < -0.39 is 5.91 Å². The highest BCUT2D eigenvalue weighted by Gasteiger charge is 2.16. The predicted molar refractivity (Wildman–Crippen MR) is 81.6 cm³/mol. The Morgan fingerprint density at radius 3 is 2.87 bits per heavy atom. The molecule has 0 aliphatic carbocycles. The third-order valence-electron chi connectivity index (χ3n) is 3.25. The molecule has 0 saturated heterocycles. The number of azo groups is 1. The van der Waals surface area contributed by atoms with Gasteiger partial charge in [0.15, 0.2) is 11.6 Å². The van der Waals surface area contributed by atoms with Gasteiger partial charge in [-0.2, -0.15) is 10.4 Å². The number of rotatable bonds is 3. The van der Waals surface area contributed by atoms with Crippen LogP contribution in [0.2, 0.25) is 0 Å². The minimum Gasteiger partial charge on any atom is -0.505 e. The largest absolute Gasteiger partial charge is 0.505 e. The molecule has 23 heavy (non-hydrogen) atoms. The molecule has 1 aromatic heterocycles. The Bertz CT molecular complexity index is 983. The van der Waals surface area contributed by atoms with Crippen molar-refractivity contribution in [2.24, 2.45) is 16.0 Å².